The molecule has 8 heteroatoms. The highest BCUT2D eigenvalue weighted by atomic mass is 32.2. The van der Waals surface area contributed by atoms with Crippen LogP contribution in [0.5, 0.6) is 5.75 Å². The van der Waals surface area contributed by atoms with Gasteiger partial charge in [-0.25, -0.2) is 4.68 Å². The Bertz CT molecular complexity index is 992. The van der Waals surface area contributed by atoms with Gasteiger partial charge in [0.1, 0.15) is 11.0 Å². The zero-order valence-corrected chi connectivity index (χ0v) is 17.1. The SMILES string of the molecule is CCCc1nnc2n1N[C@H](c1ccccc1)[C@H](C(=O)Nc1cccc(OC)c1)S2. The monoisotopic (exact) mass is 409 g/mol. The van der Waals surface area contributed by atoms with Crippen LogP contribution in [-0.4, -0.2) is 33.1 Å². The van der Waals surface area contributed by atoms with E-state index in [9.17, 15) is 4.79 Å². The van der Waals surface area contributed by atoms with E-state index >= 15 is 0 Å². The van der Waals surface area contributed by atoms with E-state index in [-0.39, 0.29) is 11.9 Å². The number of ether oxygens (including phenoxy) is 1. The molecule has 0 aliphatic carbocycles. The lowest BCUT2D eigenvalue weighted by molar-refractivity contribution is -0.116. The van der Waals surface area contributed by atoms with Crippen LogP contribution in [0.1, 0.15) is 30.8 Å². The molecule has 29 heavy (non-hydrogen) atoms. The van der Waals surface area contributed by atoms with Crippen LogP contribution in [0.25, 0.3) is 0 Å². The molecule has 0 unspecified atom stereocenters. The first-order valence-electron chi connectivity index (χ1n) is 9.57. The number of methoxy groups -OCH3 is 1. The van der Waals surface area contributed by atoms with Crippen molar-refractivity contribution < 1.29 is 9.53 Å². The Morgan fingerprint density at radius 2 is 2.03 bits per heavy atom. The summed E-state index contributed by atoms with van der Waals surface area (Å²) in [6.45, 7) is 2.11. The van der Waals surface area contributed by atoms with E-state index in [1.165, 1.54) is 11.8 Å². The molecule has 3 aromatic rings. The first-order valence-corrected chi connectivity index (χ1v) is 10.4. The molecule has 150 valence electrons. The van der Waals surface area contributed by atoms with E-state index in [0.29, 0.717) is 16.6 Å². The topological polar surface area (TPSA) is 81.1 Å². The maximum Gasteiger partial charge on any atom is 0.240 e. The third kappa shape index (κ3) is 4.07. The molecule has 2 atom stereocenters. The number of aryl methyl sites for hydroxylation is 1. The quantitative estimate of drug-likeness (QED) is 0.647. The van der Waals surface area contributed by atoms with Crippen molar-refractivity contribution in [3.63, 3.8) is 0 Å². The minimum absolute atomic E-state index is 0.101. The second-order valence-corrected chi connectivity index (χ2v) is 7.87. The van der Waals surface area contributed by atoms with Crippen LogP contribution < -0.4 is 15.5 Å². The summed E-state index contributed by atoms with van der Waals surface area (Å²) < 4.78 is 7.17. The molecule has 7 nitrogen and oxygen atoms in total. The molecule has 1 aromatic heterocycles. The summed E-state index contributed by atoms with van der Waals surface area (Å²) >= 11 is 1.43. The van der Waals surface area contributed by atoms with Crippen molar-refractivity contribution in [2.45, 2.75) is 36.2 Å². The van der Waals surface area contributed by atoms with Crippen molar-refractivity contribution in [3.8, 4) is 5.75 Å². The number of carbonyl (C=O) groups is 1. The number of amides is 1. The van der Waals surface area contributed by atoms with Gasteiger partial charge in [-0.2, -0.15) is 0 Å². The largest absolute Gasteiger partial charge is 0.497 e. The maximum atomic E-state index is 13.2. The summed E-state index contributed by atoms with van der Waals surface area (Å²) in [4.78, 5) is 13.2. The molecule has 0 saturated carbocycles. The van der Waals surface area contributed by atoms with Gasteiger partial charge in [0.2, 0.25) is 11.1 Å². The van der Waals surface area contributed by atoms with Crippen molar-refractivity contribution in [1.82, 2.24) is 14.9 Å². The molecule has 4 rings (SSSR count). The Hall–Kier alpha value is -3.00. The molecule has 2 N–H and O–H groups in total. The molecule has 0 bridgehead atoms. The molecule has 1 aliphatic rings. The van der Waals surface area contributed by atoms with Gasteiger partial charge in [0.25, 0.3) is 0 Å². The van der Waals surface area contributed by atoms with E-state index in [1.807, 2.05) is 53.2 Å². The fraction of sp³-hybridized carbons (Fsp3) is 0.286. The highest BCUT2D eigenvalue weighted by Gasteiger charge is 2.37. The van der Waals surface area contributed by atoms with Crippen LogP contribution in [0.2, 0.25) is 0 Å². The summed E-state index contributed by atoms with van der Waals surface area (Å²) in [6, 6.07) is 17.1. The number of anilines is 1. The Kier molecular flexibility index (Phi) is 5.71. The van der Waals surface area contributed by atoms with Gasteiger partial charge in [0, 0.05) is 18.2 Å². The number of nitrogens with zero attached hydrogens (tertiary/aromatic N) is 3. The molecule has 0 fully saturated rings. The third-order valence-corrected chi connectivity index (χ3v) is 5.95. The van der Waals surface area contributed by atoms with Gasteiger partial charge < -0.3 is 15.5 Å². The van der Waals surface area contributed by atoms with Crippen LogP contribution in [-0.2, 0) is 11.2 Å². The number of hydrogen-bond donors (Lipinski definition) is 2. The summed E-state index contributed by atoms with van der Waals surface area (Å²) in [7, 11) is 1.61. The molecule has 1 aliphatic heterocycles. The first-order chi connectivity index (χ1) is 14.2. The lowest BCUT2D eigenvalue weighted by Gasteiger charge is -2.33. The van der Waals surface area contributed by atoms with E-state index < -0.39 is 5.25 Å². The number of nitrogens with one attached hydrogen (secondary N) is 2. The molecule has 2 heterocycles. The van der Waals surface area contributed by atoms with Crippen LogP contribution in [0.3, 0.4) is 0 Å². The highest BCUT2D eigenvalue weighted by molar-refractivity contribution is 8.00. The van der Waals surface area contributed by atoms with Crippen molar-refractivity contribution in [3.05, 3.63) is 66.0 Å². The Morgan fingerprint density at radius 1 is 1.21 bits per heavy atom. The Morgan fingerprint density at radius 3 is 2.79 bits per heavy atom. The predicted molar refractivity (Wildman–Crippen MR) is 114 cm³/mol. The van der Waals surface area contributed by atoms with E-state index in [1.54, 1.807) is 13.2 Å². The molecule has 2 aromatic carbocycles. The van der Waals surface area contributed by atoms with Gasteiger partial charge in [-0.05, 0) is 24.1 Å². The molecule has 0 saturated heterocycles. The predicted octanol–water partition coefficient (Wildman–Crippen LogP) is 3.64. The number of carbonyl (C=O) groups excluding carboxylic acids is 1. The van der Waals surface area contributed by atoms with Gasteiger partial charge in [-0.1, -0.05) is 55.1 Å². The van der Waals surface area contributed by atoms with Crippen LogP contribution in [0, 0.1) is 0 Å². The fourth-order valence-electron chi connectivity index (χ4n) is 3.31. The zero-order valence-electron chi connectivity index (χ0n) is 16.3. The van der Waals surface area contributed by atoms with Gasteiger partial charge in [-0.15, -0.1) is 10.2 Å². The van der Waals surface area contributed by atoms with Gasteiger partial charge >= 0.3 is 0 Å². The molecule has 0 radical (unpaired) electrons. The minimum Gasteiger partial charge on any atom is -0.497 e. The van der Waals surface area contributed by atoms with Crippen LogP contribution in [0.15, 0.2) is 59.8 Å². The average molecular weight is 410 g/mol. The van der Waals surface area contributed by atoms with Gasteiger partial charge in [0.05, 0.1) is 13.2 Å². The lowest BCUT2D eigenvalue weighted by atomic mass is 10.0. The van der Waals surface area contributed by atoms with Crippen molar-refractivity contribution >= 4 is 23.4 Å². The number of fused-ring (bicyclic) bond motifs is 1. The van der Waals surface area contributed by atoms with E-state index in [4.69, 9.17) is 4.74 Å². The number of aromatic nitrogens is 3. The smallest absolute Gasteiger partial charge is 0.240 e. The maximum absolute atomic E-state index is 13.2. The summed E-state index contributed by atoms with van der Waals surface area (Å²) in [5.74, 6) is 1.47. The molecular weight excluding hydrogens is 386 g/mol. The average Bonchev–Trinajstić information content (AvgIpc) is 3.16. The Balaban J connectivity index is 1.64. The number of benzene rings is 2. The van der Waals surface area contributed by atoms with Gasteiger partial charge in [0.15, 0.2) is 5.82 Å². The second-order valence-electron chi connectivity index (χ2n) is 6.76. The standard InChI is InChI=1S/C21H23N5O2S/c1-3-8-17-23-24-21-26(17)25-18(14-9-5-4-6-10-14)19(29-21)20(27)22-15-11-7-12-16(13-15)28-2/h4-7,9-13,18-19,25H,3,8H2,1-2H3,(H,22,27)/t18-,19-/m1/s1. The summed E-state index contributed by atoms with van der Waals surface area (Å²) in [5, 5.41) is 11.9. The van der Waals surface area contributed by atoms with Crippen LogP contribution in [0.4, 0.5) is 5.69 Å². The third-order valence-electron chi connectivity index (χ3n) is 4.73. The van der Waals surface area contributed by atoms with Crippen molar-refractivity contribution in [2.75, 3.05) is 17.9 Å². The van der Waals surface area contributed by atoms with E-state index in [2.05, 4.69) is 27.9 Å². The second kappa shape index (κ2) is 8.57. The van der Waals surface area contributed by atoms with E-state index in [0.717, 1.165) is 24.2 Å². The number of thioether (sulfide) groups is 1. The fourth-order valence-corrected chi connectivity index (χ4v) is 4.41. The van der Waals surface area contributed by atoms with Crippen LogP contribution >= 0.6 is 11.8 Å². The zero-order chi connectivity index (χ0) is 20.2. The highest BCUT2D eigenvalue weighted by Crippen LogP contribution is 2.37. The lowest BCUT2D eigenvalue weighted by Crippen LogP contribution is -2.41. The number of rotatable bonds is 6. The van der Waals surface area contributed by atoms with Gasteiger partial charge in [-0.3, -0.25) is 4.79 Å². The summed E-state index contributed by atoms with van der Waals surface area (Å²) in [6.07, 6.45) is 1.79. The molecular formula is C21H23N5O2S. The number of hydrogen-bond acceptors (Lipinski definition) is 6. The first kappa shape index (κ1) is 19.3. The normalized spacial score (nSPS) is 17.9. The van der Waals surface area contributed by atoms with Crippen molar-refractivity contribution in [1.29, 1.82) is 0 Å². The summed E-state index contributed by atoms with van der Waals surface area (Å²) in [5.41, 5.74) is 5.20. The van der Waals surface area contributed by atoms with Crippen molar-refractivity contribution in [2.24, 2.45) is 0 Å². The molecule has 1 amide bonds. The minimum atomic E-state index is -0.408. The molecule has 0 spiro atoms. The Labute approximate surface area is 173 Å².